The lowest BCUT2D eigenvalue weighted by atomic mass is 9.81. The van der Waals surface area contributed by atoms with Gasteiger partial charge in [-0.05, 0) is 12.8 Å². The molecule has 4 nitrogen and oxygen atoms in total. The second kappa shape index (κ2) is 7.26. The topological polar surface area (TPSA) is 75.7 Å². The van der Waals surface area contributed by atoms with Gasteiger partial charge in [-0.25, -0.2) is 5.90 Å². The molecule has 80 valence electrons. The minimum absolute atomic E-state index is 0.00708. The van der Waals surface area contributed by atoms with Gasteiger partial charge in [-0.3, -0.25) is 0 Å². The van der Waals surface area contributed by atoms with Crippen molar-refractivity contribution in [2.75, 3.05) is 19.8 Å². The second-order valence-electron chi connectivity index (χ2n) is 3.54. The summed E-state index contributed by atoms with van der Waals surface area (Å²) in [7, 11) is 0. The molecule has 0 saturated heterocycles. The minimum Gasteiger partial charge on any atom is -0.396 e. The zero-order valence-corrected chi connectivity index (χ0v) is 8.33. The largest absolute Gasteiger partial charge is 0.396 e. The molecule has 0 aromatic carbocycles. The molecule has 0 heterocycles. The molecule has 0 aliphatic carbocycles. The van der Waals surface area contributed by atoms with E-state index in [0.717, 1.165) is 19.3 Å². The van der Waals surface area contributed by atoms with Gasteiger partial charge in [0.05, 0.1) is 19.8 Å². The highest BCUT2D eigenvalue weighted by molar-refractivity contribution is 4.77. The van der Waals surface area contributed by atoms with Crippen LogP contribution in [-0.4, -0.2) is 30.0 Å². The Bertz CT molecular complexity index is 105. The van der Waals surface area contributed by atoms with Crippen LogP contribution >= 0.6 is 0 Å². The van der Waals surface area contributed by atoms with E-state index in [0.29, 0.717) is 13.0 Å². The van der Waals surface area contributed by atoms with E-state index < -0.39 is 5.41 Å². The van der Waals surface area contributed by atoms with E-state index in [-0.39, 0.29) is 13.2 Å². The van der Waals surface area contributed by atoms with Gasteiger partial charge in [-0.1, -0.05) is 19.8 Å². The van der Waals surface area contributed by atoms with E-state index in [1.165, 1.54) is 0 Å². The van der Waals surface area contributed by atoms with Crippen LogP contribution in [0.1, 0.15) is 32.6 Å². The first kappa shape index (κ1) is 12.8. The maximum absolute atomic E-state index is 9.17. The maximum Gasteiger partial charge on any atom is 0.0686 e. The summed E-state index contributed by atoms with van der Waals surface area (Å²) >= 11 is 0. The summed E-state index contributed by atoms with van der Waals surface area (Å²) < 4.78 is 0. The fourth-order valence-electron chi connectivity index (χ4n) is 1.32. The third-order valence-corrected chi connectivity index (χ3v) is 2.48. The number of aliphatic hydroxyl groups excluding tert-OH is 2. The van der Waals surface area contributed by atoms with Gasteiger partial charge < -0.3 is 15.1 Å². The van der Waals surface area contributed by atoms with Gasteiger partial charge in [0.25, 0.3) is 0 Å². The number of nitrogens with two attached hydrogens (primary N) is 1. The van der Waals surface area contributed by atoms with E-state index in [4.69, 9.17) is 5.90 Å². The number of unbranched alkanes of at least 4 members (excludes halogenated alkanes) is 1. The van der Waals surface area contributed by atoms with Gasteiger partial charge >= 0.3 is 0 Å². The molecule has 0 spiro atoms. The van der Waals surface area contributed by atoms with E-state index in [1.807, 2.05) is 0 Å². The van der Waals surface area contributed by atoms with Crippen LogP contribution in [0.3, 0.4) is 0 Å². The first-order valence-electron chi connectivity index (χ1n) is 4.78. The van der Waals surface area contributed by atoms with Gasteiger partial charge in [0.2, 0.25) is 0 Å². The Morgan fingerprint density at radius 1 is 1.23 bits per heavy atom. The molecule has 0 fully saturated rings. The van der Waals surface area contributed by atoms with Gasteiger partial charge in [-0.2, -0.15) is 0 Å². The third kappa shape index (κ3) is 4.57. The van der Waals surface area contributed by atoms with Gasteiger partial charge in [0.15, 0.2) is 0 Å². The van der Waals surface area contributed by atoms with E-state index in [9.17, 15) is 10.2 Å². The predicted molar refractivity (Wildman–Crippen MR) is 50.9 cm³/mol. The molecule has 0 rings (SSSR count). The van der Waals surface area contributed by atoms with Crippen molar-refractivity contribution < 1.29 is 15.1 Å². The van der Waals surface area contributed by atoms with Crippen molar-refractivity contribution in [1.82, 2.24) is 0 Å². The van der Waals surface area contributed by atoms with Gasteiger partial charge in [0.1, 0.15) is 0 Å². The van der Waals surface area contributed by atoms with Crippen molar-refractivity contribution in [3.8, 4) is 0 Å². The first-order valence-corrected chi connectivity index (χ1v) is 4.78. The smallest absolute Gasteiger partial charge is 0.0686 e. The zero-order valence-electron chi connectivity index (χ0n) is 8.33. The normalized spacial score (nSPS) is 12.0. The number of aliphatic hydroxyl groups is 2. The van der Waals surface area contributed by atoms with Crippen LogP contribution in [0.25, 0.3) is 0 Å². The van der Waals surface area contributed by atoms with Crippen molar-refractivity contribution in [3.05, 3.63) is 0 Å². The van der Waals surface area contributed by atoms with E-state index in [2.05, 4.69) is 11.8 Å². The van der Waals surface area contributed by atoms with E-state index >= 15 is 0 Å². The van der Waals surface area contributed by atoms with Crippen LogP contribution in [0.2, 0.25) is 0 Å². The average Bonchev–Trinajstić information content (AvgIpc) is 2.20. The predicted octanol–water partition coefficient (Wildman–Crippen LogP) is 0.428. The van der Waals surface area contributed by atoms with Crippen LogP contribution in [-0.2, 0) is 4.84 Å². The molecule has 0 aromatic rings. The molecule has 4 N–H and O–H groups in total. The quantitative estimate of drug-likeness (QED) is 0.486. The fraction of sp³-hybridized carbons (Fsp3) is 1.00. The molecular weight excluding hydrogens is 170 g/mol. The summed E-state index contributed by atoms with van der Waals surface area (Å²) in [5.41, 5.74) is -0.407. The van der Waals surface area contributed by atoms with Gasteiger partial charge in [-0.15, -0.1) is 0 Å². The molecule has 0 bridgehead atoms. The summed E-state index contributed by atoms with van der Waals surface area (Å²) in [5, 5.41) is 18.3. The minimum atomic E-state index is -0.407. The number of hydrogen-bond donors (Lipinski definition) is 3. The first-order chi connectivity index (χ1) is 6.24. The van der Waals surface area contributed by atoms with Crippen molar-refractivity contribution in [3.63, 3.8) is 0 Å². The molecule has 0 saturated carbocycles. The molecular formula is C9H21NO3. The highest BCUT2D eigenvalue weighted by Gasteiger charge is 2.27. The lowest BCUT2D eigenvalue weighted by molar-refractivity contribution is 0.00846. The molecule has 4 heteroatoms. The maximum atomic E-state index is 9.17. The molecule has 0 radical (unpaired) electrons. The SMILES string of the molecule is CCCCC(CO)(CO)CCON. The summed E-state index contributed by atoms with van der Waals surface area (Å²) in [6, 6.07) is 0. The Hall–Kier alpha value is -0.160. The van der Waals surface area contributed by atoms with Crippen LogP contribution in [0.5, 0.6) is 0 Å². The Morgan fingerprint density at radius 3 is 2.23 bits per heavy atom. The summed E-state index contributed by atoms with van der Waals surface area (Å²) in [6.45, 7) is 2.45. The second-order valence-corrected chi connectivity index (χ2v) is 3.54. The highest BCUT2D eigenvalue weighted by atomic mass is 16.6. The lowest BCUT2D eigenvalue weighted by Crippen LogP contribution is -2.31. The highest BCUT2D eigenvalue weighted by Crippen LogP contribution is 2.27. The Kier molecular flexibility index (Phi) is 7.17. The van der Waals surface area contributed by atoms with Crippen LogP contribution in [0, 0.1) is 5.41 Å². The van der Waals surface area contributed by atoms with Crippen molar-refractivity contribution in [1.29, 1.82) is 0 Å². The molecule has 0 aliphatic heterocycles. The summed E-state index contributed by atoms with van der Waals surface area (Å²) in [4.78, 5) is 4.46. The van der Waals surface area contributed by atoms with Crippen molar-refractivity contribution in [2.45, 2.75) is 32.6 Å². The van der Waals surface area contributed by atoms with Crippen LogP contribution in [0.15, 0.2) is 0 Å². The summed E-state index contributed by atoms with van der Waals surface area (Å²) in [6.07, 6.45) is 3.49. The molecule has 13 heavy (non-hydrogen) atoms. The van der Waals surface area contributed by atoms with Crippen molar-refractivity contribution >= 4 is 0 Å². The Balaban J connectivity index is 3.97. The lowest BCUT2D eigenvalue weighted by Gasteiger charge is -2.29. The zero-order chi connectivity index (χ0) is 10.2. The number of hydrogen-bond acceptors (Lipinski definition) is 4. The Morgan fingerprint density at radius 2 is 1.85 bits per heavy atom. The monoisotopic (exact) mass is 191 g/mol. The number of rotatable bonds is 8. The van der Waals surface area contributed by atoms with E-state index in [1.54, 1.807) is 0 Å². The third-order valence-electron chi connectivity index (χ3n) is 2.48. The fourth-order valence-corrected chi connectivity index (χ4v) is 1.32. The average molecular weight is 191 g/mol. The van der Waals surface area contributed by atoms with Crippen molar-refractivity contribution in [2.24, 2.45) is 11.3 Å². The summed E-state index contributed by atoms with van der Waals surface area (Å²) in [5.74, 6) is 4.91. The molecule has 0 amide bonds. The standard InChI is InChI=1S/C9H21NO3/c1-2-3-4-9(7-11,8-12)5-6-13-10/h11-12H,2-8,10H2,1H3. The van der Waals surface area contributed by atoms with Gasteiger partial charge in [0, 0.05) is 5.41 Å². The molecule has 0 unspecified atom stereocenters. The van der Waals surface area contributed by atoms with Crippen LogP contribution < -0.4 is 5.90 Å². The van der Waals surface area contributed by atoms with Crippen LogP contribution in [0.4, 0.5) is 0 Å². The molecule has 0 aliphatic rings. The molecule has 0 aromatic heterocycles. The Labute approximate surface area is 79.7 Å². The molecule has 0 atom stereocenters.